The summed E-state index contributed by atoms with van der Waals surface area (Å²) in [5.41, 5.74) is 16.7. The second-order valence-electron chi connectivity index (χ2n) is 12.3. The predicted octanol–water partition coefficient (Wildman–Crippen LogP) is 10.4. The molecule has 1 heterocycles. The van der Waals surface area contributed by atoms with Crippen LogP contribution in [-0.4, -0.2) is 4.57 Å². The SMILES string of the molecule is C1=Cc2c(c3ccccc3n2C2=C3C(=C(c4ccccc4)c4c3ccc3ccccc43)C3c4ccccc4C=CC23)CC1. The Morgan fingerprint density at radius 3 is 2.37 bits per heavy atom. The fourth-order valence-corrected chi connectivity index (χ4v) is 8.56. The lowest BCUT2D eigenvalue weighted by Crippen LogP contribution is -2.17. The lowest BCUT2D eigenvalue weighted by Gasteiger charge is -2.29. The molecular weight excluding hydrogens is 518 g/mol. The van der Waals surface area contributed by atoms with Gasteiger partial charge in [0.15, 0.2) is 0 Å². The number of aryl methyl sites for hydroxylation is 1. The van der Waals surface area contributed by atoms with Gasteiger partial charge in [-0.3, -0.25) is 0 Å². The molecule has 202 valence electrons. The van der Waals surface area contributed by atoms with Crippen LogP contribution in [0.5, 0.6) is 0 Å². The molecule has 6 aromatic rings. The molecule has 1 heteroatoms. The molecule has 43 heavy (non-hydrogen) atoms. The van der Waals surface area contributed by atoms with Gasteiger partial charge in [-0.25, -0.2) is 0 Å². The number of benzene rings is 5. The number of rotatable bonds is 2. The van der Waals surface area contributed by atoms with Crippen LogP contribution in [0.3, 0.4) is 0 Å². The van der Waals surface area contributed by atoms with Crippen molar-refractivity contribution >= 4 is 50.7 Å². The van der Waals surface area contributed by atoms with Gasteiger partial charge in [0, 0.05) is 34.2 Å². The number of aromatic nitrogens is 1. The van der Waals surface area contributed by atoms with Crippen LogP contribution in [0.15, 0.2) is 133 Å². The molecule has 0 amide bonds. The third-order valence-electron chi connectivity index (χ3n) is 10.2. The van der Waals surface area contributed by atoms with E-state index >= 15 is 0 Å². The molecule has 0 saturated carbocycles. The maximum absolute atomic E-state index is 2.64. The smallest absolute Gasteiger partial charge is 0.0534 e. The van der Waals surface area contributed by atoms with Gasteiger partial charge in [0.25, 0.3) is 0 Å². The van der Waals surface area contributed by atoms with Crippen molar-refractivity contribution in [1.29, 1.82) is 0 Å². The summed E-state index contributed by atoms with van der Waals surface area (Å²) in [4.78, 5) is 0. The van der Waals surface area contributed by atoms with Gasteiger partial charge in [0.1, 0.15) is 0 Å². The van der Waals surface area contributed by atoms with Crippen molar-refractivity contribution < 1.29 is 0 Å². The second-order valence-corrected chi connectivity index (χ2v) is 12.3. The Morgan fingerprint density at radius 2 is 1.44 bits per heavy atom. The first-order valence-corrected chi connectivity index (χ1v) is 15.5. The molecule has 0 fully saturated rings. The highest BCUT2D eigenvalue weighted by Crippen LogP contribution is 2.64. The molecule has 4 aliphatic carbocycles. The Hall–Kier alpha value is -5.14. The molecule has 0 bridgehead atoms. The van der Waals surface area contributed by atoms with Crippen LogP contribution >= 0.6 is 0 Å². The fraction of sp³-hybridized carbons (Fsp3) is 0.0952. The van der Waals surface area contributed by atoms with Crippen LogP contribution in [0.4, 0.5) is 0 Å². The number of allylic oxidation sites excluding steroid dienone is 5. The monoisotopic (exact) mass is 547 g/mol. The van der Waals surface area contributed by atoms with Crippen molar-refractivity contribution in [2.75, 3.05) is 0 Å². The minimum atomic E-state index is 0.244. The van der Waals surface area contributed by atoms with Crippen LogP contribution in [0.2, 0.25) is 0 Å². The highest BCUT2D eigenvalue weighted by molar-refractivity contribution is 6.19. The van der Waals surface area contributed by atoms with Crippen molar-refractivity contribution in [2.45, 2.75) is 18.8 Å². The van der Waals surface area contributed by atoms with E-state index in [0.29, 0.717) is 0 Å². The van der Waals surface area contributed by atoms with Crippen molar-refractivity contribution in [1.82, 2.24) is 4.57 Å². The number of nitrogens with zero attached hydrogens (tertiary/aromatic N) is 1. The van der Waals surface area contributed by atoms with Gasteiger partial charge in [0.05, 0.1) is 5.52 Å². The summed E-state index contributed by atoms with van der Waals surface area (Å²) < 4.78 is 2.64. The van der Waals surface area contributed by atoms with Gasteiger partial charge in [-0.15, -0.1) is 0 Å². The average Bonchev–Trinajstić information content (AvgIpc) is 3.71. The Bertz CT molecular complexity index is 2280. The third kappa shape index (κ3) is 3.07. The first-order chi connectivity index (χ1) is 21.4. The molecule has 0 saturated heterocycles. The van der Waals surface area contributed by atoms with Crippen molar-refractivity contribution in [3.05, 3.63) is 172 Å². The lowest BCUT2D eigenvalue weighted by atomic mass is 9.76. The van der Waals surface area contributed by atoms with Gasteiger partial charge in [-0.05, 0) is 80.3 Å². The Balaban J connectivity index is 1.42. The first kappa shape index (κ1) is 23.4. The quantitative estimate of drug-likeness (QED) is 0.203. The molecule has 2 atom stereocenters. The van der Waals surface area contributed by atoms with E-state index in [0.717, 1.165) is 12.8 Å². The molecule has 2 unspecified atom stereocenters. The molecule has 0 N–H and O–H groups in total. The van der Waals surface area contributed by atoms with E-state index in [-0.39, 0.29) is 11.8 Å². The zero-order valence-corrected chi connectivity index (χ0v) is 23.8. The molecule has 1 aromatic heterocycles. The zero-order chi connectivity index (χ0) is 28.1. The number of para-hydroxylation sites is 1. The Morgan fingerprint density at radius 1 is 0.651 bits per heavy atom. The van der Waals surface area contributed by atoms with E-state index in [1.165, 1.54) is 83.2 Å². The summed E-state index contributed by atoms with van der Waals surface area (Å²) in [6.45, 7) is 0. The second kappa shape index (κ2) is 8.69. The first-order valence-electron chi connectivity index (χ1n) is 15.5. The van der Waals surface area contributed by atoms with E-state index in [1.807, 2.05) is 0 Å². The van der Waals surface area contributed by atoms with Crippen molar-refractivity contribution in [3.63, 3.8) is 0 Å². The minimum absolute atomic E-state index is 0.244. The largest absolute Gasteiger partial charge is 0.312 e. The molecule has 4 aliphatic rings. The topological polar surface area (TPSA) is 4.93 Å². The van der Waals surface area contributed by atoms with Crippen LogP contribution in [0.1, 0.15) is 51.4 Å². The summed E-state index contributed by atoms with van der Waals surface area (Å²) in [5.74, 6) is 0.491. The predicted molar refractivity (Wildman–Crippen MR) is 181 cm³/mol. The van der Waals surface area contributed by atoms with E-state index < -0.39 is 0 Å². The zero-order valence-electron chi connectivity index (χ0n) is 23.8. The standard InChI is InChI=1S/C42H29N/c1-2-14-28(15-3-1)37-38-29-16-6-4-12-26(29)22-24-33(38)40-41(37)39-30-17-7-5-13-27(30)23-25-34(39)42(40)43-35-20-10-8-18-31(35)32-19-9-11-21-36(32)43/h1-8,10-18,20-25,34,39H,9,19H2. The van der Waals surface area contributed by atoms with Gasteiger partial charge in [0.2, 0.25) is 0 Å². The number of hydrogen-bond donors (Lipinski definition) is 0. The third-order valence-corrected chi connectivity index (χ3v) is 10.2. The summed E-state index contributed by atoms with van der Waals surface area (Å²) in [6, 6.07) is 42.9. The van der Waals surface area contributed by atoms with E-state index in [9.17, 15) is 0 Å². The van der Waals surface area contributed by atoms with Gasteiger partial charge in [-0.2, -0.15) is 0 Å². The number of hydrogen-bond acceptors (Lipinski definition) is 0. The van der Waals surface area contributed by atoms with Crippen LogP contribution < -0.4 is 0 Å². The molecule has 1 nitrogen and oxygen atoms in total. The van der Waals surface area contributed by atoms with Crippen molar-refractivity contribution in [3.8, 4) is 0 Å². The van der Waals surface area contributed by atoms with E-state index in [1.54, 1.807) is 0 Å². The van der Waals surface area contributed by atoms with E-state index in [4.69, 9.17) is 0 Å². The minimum Gasteiger partial charge on any atom is -0.312 e. The molecule has 5 aromatic carbocycles. The fourth-order valence-electron chi connectivity index (χ4n) is 8.56. The highest BCUT2D eigenvalue weighted by atomic mass is 15.0. The summed E-state index contributed by atoms with van der Waals surface area (Å²) in [5, 5.41) is 4.02. The van der Waals surface area contributed by atoms with Crippen LogP contribution in [0, 0.1) is 5.92 Å². The molecule has 0 radical (unpaired) electrons. The van der Waals surface area contributed by atoms with E-state index in [2.05, 4.69) is 144 Å². The van der Waals surface area contributed by atoms with Gasteiger partial charge >= 0.3 is 0 Å². The maximum atomic E-state index is 2.64. The molecule has 10 rings (SSSR count). The molecular formula is C42H29N. The molecule has 0 aliphatic heterocycles. The summed E-state index contributed by atoms with van der Waals surface area (Å²) >= 11 is 0. The molecule has 0 spiro atoms. The normalized spacial score (nSPS) is 19.5. The van der Waals surface area contributed by atoms with Crippen molar-refractivity contribution in [2.24, 2.45) is 5.92 Å². The van der Waals surface area contributed by atoms with Gasteiger partial charge in [-0.1, -0.05) is 127 Å². The van der Waals surface area contributed by atoms with Crippen LogP contribution in [0.25, 0.3) is 50.7 Å². The average molecular weight is 548 g/mol. The lowest BCUT2D eigenvalue weighted by molar-refractivity contribution is 0.699. The maximum Gasteiger partial charge on any atom is 0.0534 e. The summed E-state index contributed by atoms with van der Waals surface area (Å²) in [6.07, 6.45) is 11.8. The highest BCUT2D eigenvalue weighted by Gasteiger charge is 2.48. The van der Waals surface area contributed by atoms with Crippen LogP contribution in [-0.2, 0) is 6.42 Å². The van der Waals surface area contributed by atoms with Gasteiger partial charge < -0.3 is 4.57 Å². The number of fused-ring (bicyclic) bond motifs is 12. The Labute approximate surface area is 251 Å². The summed E-state index contributed by atoms with van der Waals surface area (Å²) in [7, 11) is 0. The Kier molecular flexibility index (Phi) is 4.73.